The van der Waals surface area contributed by atoms with Gasteiger partial charge in [-0.25, -0.2) is 4.39 Å². The Morgan fingerprint density at radius 2 is 1.82 bits per heavy atom. The summed E-state index contributed by atoms with van der Waals surface area (Å²) in [6, 6.07) is 0. The number of allylic oxidation sites excluding steroid dienone is 2. The van der Waals surface area contributed by atoms with Gasteiger partial charge in [0, 0.05) is 6.54 Å². The van der Waals surface area contributed by atoms with Gasteiger partial charge in [0.2, 0.25) is 0 Å². The van der Waals surface area contributed by atoms with Crippen molar-refractivity contribution in [3.05, 3.63) is 23.6 Å². The fourth-order valence-corrected chi connectivity index (χ4v) is 0.835. The molecular weight excluding hydrogens is 141 g/mol. The lowest BCUT2D eigenvalue weighted by Gasteiger charge is -1.99. The molecule has 11 heavy (non-hydrogen) atoms. The third-order valence-electron chi connectivity index (χ3n) is 1.36. The van der Waals surface area contributed by atoms with E-state index in [9.17, 15) is 4.39 Å². The van der Waals surface area contributed by atoms with Gasteiger partial charge in [-0.1, -0.05) is 19.9 Å². The summed E-state index contributed by atoms with van der Waals surface area (Å²) in [6.45, 7) is 4.16. The molecule has 2 N–H and O–H groups in total. The molecule has 1 nitrogen and oxygen atoms in total. The summed E-state index contributed by atoms with van der Waals surface area (Å²) in [5.41, 5.74) is 5.96. The second-order valence-corrected chi connectivity index (χ2v) is 2.30. The normalized spacial score (nSPS) is 13.8. The second kappa shape index (κ2) is 6.10. The molecule has 0 spiro atoms. The highest BCUT2D eigenvalue weighted by Crippen LogP contribution is 2.11. The van der Waals surface area contributed by atoms with Crippen LogP contribution in [0.1, 0.15) is 26.7 Å². The van der Waals surface area contributed by atoms with Crippen molar-refractivity contribution in [1.82, 2.24) is 0 Å². The van der Waals surface area contributed by atoms with Gasteiger partial charge in [0.15, 0.2) is 0 Å². The molecule has 0 aliphatic heterocycles. The summed E-state index contributed by atoms with van der Waals surface area (Å²) in [6.07, 6.45) is 4.92. The SMILES string of the molecule is CC/C=C(CN)\C(F)=C/CC. The minimum absolute atomic E-state index is 0.170. The third kappa shape index (κ3) is 3.94. The Morgan fingerprint density at radius 3 is 2.18 bits per heavy atom. The lowest BCUT2D eigenvalue weighted by molar-refractivity contribution is 0.639. The molecular formula is C9H16FN. The molecule has 0 aromatic rings. The van der Waals surface area contributed by atoms with E-state index in [0.717, 1.165) is 6.42 Å². The Balaban J connectivity index is 4.25. The number of hydrogen-bond acceptors (Lipinski definition) is 1. The first-order chi connectivity index (χ1) is 5.26. The monoisotopic (exact) mass is 157 g/mol. The van der Waals surface area contributed by atoms with E-state index in [-0.39, 0.29) is 12.4 Å². The molecule has 0 unspecified atom stereocenters. The minimum Gasteiger partial charge on any atom is -0.326 e. The van der Waals surface area contributed by atoms with Gasteiger partial charge in [-0.15, -0.1) is 0 Å². The summed E-state index contributed by atoms with van der Waals surface area (Å²) in [5.74, 6) is -0.170. The molecule has 2 heteroatoms. The number of hydrogen-bond donors (Lipinski definition) is 1. The molecule has 0 amide bonds. The maximum absolute atomic E-state index is 13.0. The van der Waals surface area contributed by atoms with Gasteiger partial charge >= 0.3 is 0 Å². The highest BCUT2D eigenvalue weighted by atomic mass is 19.1. The van der Waals surface area contributed by atoms with E-state index in [1.807, 2.05) is 19.9 Å². The quantitative estimate of drug-likeness (QED) is 0.623. The van der Waals surface area contributed by atoms with E-state index >= 15 is 0 Å². The van der Waals surface area contributed by atoms with Crippen LogP contribution in [0.15, 0.2) is 23.6 Å². The average molecular weight is 157 g/mol. The van der Waals surface area contributed by atoms with Crippen molar-refractivity contribution >= 4 is 0 Å². The van der Waals surface area contributed by atoms with Crippen LogP contribution in [0.4, 0.5) is 4.39 Å². The summed E-state index contributed by atoms with van der Waals surface area (Å²) in [5, 5.41) is 0. The van der Waals surface area contributed by atoms with Crippen molar-refractivity contribution in [2.24, 2.45) is 5.73 Å². The molecule has 0 aromatic heterocycles. The van der Waals surface area contributed by atoms with Crippen LogP contribution in [0.2, 0.25) is 0 Å². The van der Waals surface area contributed by atoms with Crippen molar-refractivity contribution in [1.29, 1.82) is 0 Å². The van der Waals surface area contributed by atoms with Gasteiger partial charge in [-0.2, -0.15) is 0 Å². The van der Waals surface area contributed by atoms with Gasteiger partial charge in [0.1, 0.15) is 5.83 Å². The lowest BCUT2D eigenvalue weighted by atomic mass is 10.2. The van der Waals surface area contributed by atoms with Crippen molar-refractivity contribution in [2.45, 2.75) is 26.7 Å². The molecule has 0 atom stereocenters. The highest BCUT2D eigenvalue weighted by Gasteiger charge is 1.98. The van der Waals surface area contributed by atoms with Crippen LogP contribution >= 0.6 is 0 Å². The standard InChI is InChI=1S/C9H16FN/c1-3-5-8(7-11)9(10)6-4-2/h5-6H,3-4,7,11H2,1-2H3/b8-5-,9-6+. The molecule has 0 aliphatic rings. The molecule has 0 heterocycles. The zero-order chi connectivity index (χ0) is 8.69. The van der Waals surface area contributed by atoms with Crippen molar-refractivity contribution in [3.8, 4) is 0 Å². The highest BCUT2D eigenvalue weighted by molar-refractivity contribution is 5.25. The fourth-order valence-electron chi connectivity index (χ4n) is 0.835. The molecule has 0 bridgehead atoms. The molecule has 0 rings (SSSR count). The number of rotatable bonds is 4. The van der Waals surface area contributed by atoms with Crippen LogP contribution in [-0.4, -0.2) is 6.54 Å². The van der Waals surface area contributed by atoms with Gasteiger partial charge in [0.25, 0.3) is 0 Å². The van der Waals surface area contributed by atoms with Crippen LogP contribution in [0.25, 0.3) is 0 Å². The van der Waals surface area contributed by atoms with E-state index in [1.54, 1.807) is 6.08 Å². The molecule has 0 radical (unpaired) electrons. The van der Waals surface area contributed by atoms with Crippen LogP contribution in [-0.2, 0) is 0 Å². The van der Waals surface area contributed by atoms with Crippen LogP contribution < -0.4 is 5.73 Å². The summed E-state index contributed by atoms with van der Waals surface area (Å²) >= 11 is 0. The average Bonchev–Trinajstić information content (AvgIpc) is 2.00. The maximum Gasteiger partial charge on any atom is 0.123 e. The predicted molar refractivity (Wildman–Crippen MR) is 46.9 cm³/mol. The van der Waals surface area contributed by atoms with Gasteiger partial charge in [0.05, 0.1) is 0 Å². The van der Waals surface area contributed by atoms with Crippen molar-refractivity contribution in [2.75, 3.05) is 6.54 Å². The van der Waals surface area contributed by atoms with E-state index in [1.165, 1.54) is 0 Å². The molecule has 0 saturated heterocycles. The minimum atomic E-state index is -0.170. The summed E-state index contributed by atoms with van der Waals surface area (Å²) in [7, 11) is 0. The predicted octanol–water partition coefficient (Wildman–Crippen LogP) is 2.54. The van der Waals surface area contributed by atoms with Crippen LogP contribution in [0.5, 0.6) is 0 Å². The summed E-state index contributed by atoms with van der Waals surface area (Å²) < 4.78 is 13.0. The Labute approximate surface area is 67.8 Å². The number of halogens is 1. The van der Waals surface area contributed by atoms with E-state index in [4.69, 9.17) is 5.73 Å². The van der Waals surface area contributed by atoms with Crippen LogP contribution in [0, 0.1) is 0 Å². The van der Waals surface area contributed by atoms with E-state index < -0.39 is 0 Å². The Kier molecular flexibility index (Phi) is 5.75. The lowest BCUT2D eigenvalue weighted by Crippen LogP contribution is -2.03. The van der Waals surface area contributed by atoms with E-state index in [0.29, 0.717) is 12.0 Å². The topological polar surface area (TPSA) is 26.0 Å². The fraction of sp³-hybridized carbons (Fsp3) is 0.556. The zero-order valence-corrected chi connectivity index (χ0v) is 7.23. The van der Waals surface area contributed by atoms with Gasteiger partial charge in [-0.05, 0) is 24.5 Å². The zero-order valence-electron chi connectivity index (χ0n) is 7.23. The van der Waals surface area contributed by atoms with E-state index in [2.05, 4.69) is 0 Å². The second-order valence-electron chi connectivity index (χ2n) is 2.30. The van der Waals surface area contributed by atoms with Gasteiger partial charge in [-0.3, -0.25) is 0 Å². The first-order valence-electron chi connectivity index (χ1n) is 4.01. The number of nitrogens with two attached hydrogens (primary N) is 1. The molecule has 0 fully saturated rings. The maximum atomic E-state index is 13.0. The Morgan fingerprint density at radius 1 is 1.27 bits per heavy atom. The first-order valence-corrected chi connectivity index (χ1v) is 4.01. The first kappa shape index (κ1) is 10.4. The van der Waals surface area contributed by atoms with Crippen molar-refractivity contribution < 1.29 is 4.39 Å². The molecule has 0 aromatic carbocycles. The van der Waals surface area contributed by atoms with Gasteiger partial charge < -0.3 is 5.73 Å². The van der Waals surface area contributed by atoms with Crippen molar-refractivity contribution in [3.63, 3.8) is 0 Å². The molecule has 0 aliphatic carbocycles. The Hall–Kier alpha value is -0.630. The molecule has 64 valence electrons. The largest absolute Gasteiger partial charge is 0.326 e. The Bertz CT molecular complexity index is 159. The van der Waals surface area contributed by atoms with Crippen LogP contribution in [0.3, 0.4) is 0 Å². The molecule has 0 saturated carbocycles. The summed E-state index contributed by atoms with van der Waals surface area (Å²) in [4.78, 5) is 0. The third-order valence-corrected chi connectivity index (χ3v) is 1.36. The smallest absolute Gasteiger partial charge is 0.123 e.